The van der Waals surface area contributed by atoms with E-state index in [2.05, 4.69) is 31.3 Å². The lowest BCUT2D eigenvalue weighted by Crippen LogP contribution is -2.22. The molecule has 1 heterocycles. The van der Waals surface area contributed by atoms with Crippen molar-refractivity contribution in [3.8, 4) is 6.07 Å². The van der Waals surface area contributed by atoms with Crippen molar-refractivity contribution >= 4 is 11.3 Å². The Bertz CT molecular complexity index is 303. The predicted molar refractivity (Wildman–Crippen MR) is 55.7 cm³/mol. The summed E-state index contributed by atoms with van der Waals surface area (Å²) in [4.78, 5) is 2.67. The van der Waals surface area contributed by atoms with Crippen LogP contribution in [0, 0.1) is 25.2 Å². The fourth-order valence-corrected chi connectivity index (χ4v) is 2.04. The Kier molecular flexibility index (Phi) is 3.47. The van der Waals surface area contributed by atoms with Crippen molar-refractivity contribution in [3.05, 3.63) is 21.4 Å². The van der Waals surface area contributed by atoms with Gasteiger partial charge in [0.2, 0.25) is 0 Å². The summed E-state index contributed by atoms with van der Waals surface area (Å²) in [6.45, 7) is 6.90. The Hall–Kier alpha value is -0.850. The highest BCUT2D eigenvalue weighted by atomic mass is 32.1. The molecule has 1 aromatic heterocycles. The van der Waals surface area contributed by atoms with Gasteiger partial charge in [-0.2, -0.15) is 5.26 Å². The first kappa shape index (κ1) is 10.2. The summed E-state index contributed by atoms with van der Waals surface area (Å²) in [6.07, 6.45) is 0. The molecule has 0 saturated carbocycles. The zero-order chi connectivity index (χ0) is 9.84. The third kappa shape index (κ3) is 2.83. The fraction of sp³-hybridized carbons (Fsp3) is 0.500. The third-order valence-corrected chi connectivity index (χ3v) is 3.15. The minimum atomic E-state index is -0.0669. The smallest absolute Gasteiger partial charge is 0.0927 e. The van der Waals surface area contributed by atoms with Crippen LogP contribution in [0.2, 0.25) is 0 Å². The number of rotatable bonds is 3. The van der Waals surface area contributed by atoms with Crippen LogP contribution in [-0.2, 0) is 6.54 Å². The molecule has 0 saturated heterocycles. The maximum absolute atomic E-state index is 8.56. The second kappa shape index (κ2) is 4.40. The van der Waals surface area contributed by atoms with Gasteiger partial charge in [0.05, 0.1) is 12.1 Å². The molecule has 1 rings (SSSR count). The maximum Gasteiger partial charge on any atom is 0.0927 e. The van der Waals surface area contributed by atoms with Gasteiger partial charge in [-0.15, -0.1) is 11.3 Å². The topological polar surface area (TPSA) is 35.8 Å². The highest BCUT2D eigenvalue weighted by molar-refractivity contribution is 7.12. The average Bonchev–Trinajstić information content (AvgIpc) is 2.42. The van der Waals surface area contributed by atoms with Crippen LogP contribution < -0.4 is 5.32 Å². The molecular weight excluding hydrogens is 180 g/mol. The van der Waals surface area contributed by atoms with Crippen molar-refractivity contribution in [2.75, 3.05) is 0 Å². The van der Waals surface area contributed by atoms with Gasteiger partial charge in [0.15, 0.2) is 0 Å². The molecular formula is C10H14N2S. The van der Waals surface area contributed by atoms with Crippen molar-refractivity contribution < 1.29 is 0 Å². The lowest BCUT2D eigenvalue weighted by atomic mass is 10.3. The van der Waals surface area contributed by atoms with E-state index in [1.165, 1.54) is 15.3 Å². The van der Waals surface area contributed by atoms with Gasteiger partial charge >= 0.3 is 0 Å². The van der Waals surface area contributed by atoms with Crippen molar-refractivity contribution in [3.63, 3.8) is 0 Å². The van der Waals surface area contributed by atoms with E-state index in [9.17, 15) is 0 Å². The molecule has 0 aliphatic rings. The number of nitriles is 1. The minimum absolute atomic E-state index is 0.0669. The zero-order valence-electron chi connectivity index (χ0n) is 8.22. The molecule has 1 unspecified atom stereocenters. The van der Waals surface area contributed by atoms with Crippen LogP contribution in [0.25, 0.3) is 0 Å². The van der Waals surface area contributed by atoms with Crippen LogP contribution in [-0.4, -0.2) is 6.04 Å². The molecule has 0 aliphatic carbocycles. The first-order valence-electron chi connectivity index (χ1n) is 4.32. The van der Waals surface area contributed by atoms with E-state index in [0.29, 0.717) is 0 Å². The van der Waals surface area contributed by atoms with Gasteiger partial charge in [0, 0.05) is 16.3 Å². The van der Waals surface area contributed by atoms with Crippen molar-refractivity contribution in [1.82, 2.24) is 5.32 Å². The van der Waals surface area contributed by atoms with Crippen molar-refractivity contribution in [2.24, 2.45) is 0 Å². The van der Waals surface area contributed by atoms with E-state index in [1.54, 1.807) is 11.3 Å². The van der Waals surface area contributed by atoms with Crippen LogP contribution in [0.3, 0.4) is 0 Å². The molecule has 2 nitrogen and oxygen atoms in total. The van der Waals surface area contributed by atoms with Gasteiger partial charge in [-0.3, -0.25) is 5.32 Å². The number of nitrogens with one attached hydrogen (secondary N) is 1. The number of nitrogens with zero attached hydrogens (tertiary/aromatic N) is 1. The lowest BCUT2D eigenvalue weighted by Gasteiger charge is -2.02. The first-order valence-corrected chi connectivity index (χ1v) is 5.14. The molecule has 1 N–H and O–H groups in total. The second-order valence-corrected chi connectivity index (χ2v) is 4.52. The summed E-state index contributed by atoms with van der Waals surface area (Å²) in [5, 5.41) is 11.7. The Morgan fingerprint density at radius 3 is 2.77 bits per heavy atom. The molecule has 1 atom stereocenters. The van der Waals surface area contributed by atoms with E-state index in [0.717, 1.165) is 6.54 Å². The molecule has 0 radical (unpaired) electrons. The van der Waals surface area contributed by atoms with Gasteiger partial charge in [0.1, 0.15) is 0 Å². The standard InChI is InChI=1S/C10H14N2S/c1-7-4-10(13-9(7)3)6-12-8(2)5-11/h4,8,12H,6H2,1-3H3. The van der Waals surface area contributed by atoms with E-state index in [-0.39, 0.29) is 6.04 Å². The fourth-order valence-electron chi connectivity index (χ4n) is 1.04. The Labute approximate surface area is 83.2 Å². The molecule has 0 spiro atoms. The first-order chi connectivity index (χ1) is 6.13. The highest BCUT2D eigenvalue weighted by Gasteiger charge is 2.02. The minimum Gasteiger partial charge on any atom is -0.297 e. The number of hydrogen-bond donors (Lipinski definition) is 1. The number of aryl methyl sites for hydroxylation is 2. The molecule has 1 aromatic rings. The van der Waals surface area contributed by atoms with Gasteiger partial charge in [-0.25, -0.2) is 0 Å². The molecule has 0 amide bonds. The summed E-state index contributed by atoms with van der Waals surface area (Å²) in [5.41, 5.74) is 1.34. The van der Waals surface area contributed by atoms with E-state index in [1.807, 2.05) is 6.92 Å². The largest absolute Gasteiger partial charge is 0.297 e. The second-order valence-electron chi connectivity index (χ2n) is 3.18. The lowest BCUT2D eigenvalue weighted by molar-refractivity contribution is 0.648. The van der Waals surface area contributed by atoms with Crippen LogP contribution in [0.4, 0.5) is 0 Å². The van der Waals surface area contributed by atoms with Crippen molar-refractivity contribution in [2.45, 2.75) is 33.4 Å². The summed E-state index contributed by atoms with van der Waals surface area (Å²) in [7, 11) is 0. The van der Waals surface area contributed by atoms with E-state index >= 15 is 0 Å². The predicted octanol–water partition coefficient (Wildman–Crippen LogP) is 2.37. The molecule has 13 heavy (non-hydrogen) atoms. The van der Waals surface area contributed by atoms with Crippen LogP contribution in [0.1, 0.15) is 22.2 Å². The summed E-state index contributed by atoms with van der Waals surface area (Å²) < 4.78 is 0. The molecule has 0 fully saturated rings. The quantitative estimate of drug-likeness (QED) is 0.801. The molecule has 3 heteroatoms. The molecule has 70 valence electrons. The summed E-state index contributed by atoms with van der Waals surface area (Å²) in [5.74, 6) is 0. The van der Waals surface area contributed by atoms with Gasteiger partial charge in [0.25, 0.3) is 0 Å². The normalized spacial score (nSPS) is 12.5. The Balaban J connectivity index is 2.51. The van der Waals surface area contributed by atoms with Crippen LogP contribution in [0.15, 0.2) is 6.07 Å². The monoisotopic (exact) mass is 194 g/mol. The maximum atomic E-state index is 8.56. The SMILES string of the molecule is Cc1cc(CNC(C)C#N)sc1C. The van der Waals surface area contributed by atoms with E-state index < -0.39 is 0 Å². The number of hydrogen-bond acceptors (Lipinski definition) is 3. The van der Waals surface area contributed by atoms with Crippen LogP contribution in [0.5, 0.6) is 0 Å². The summed E-state index contributed by atoms with van der Waals surface area (Å²) >= 11 is 1.79. The van der Waals surface area contributed by atoms with Gasteiger partial charge in [-0.1, -0.05) is 0 Å². The van der Waals surface area contributed by atoms with E-state index in [4.69, 9.17) is 5.26 Å². The molecule has 0 aromatic carbocycles. The van der Waals surface area contributed by atoms with Gasteiger partial charge < -0.3 is 0 Å². The summed E-state index contributed by atoms with van der Waals surface area (Å²) in [6, 6.07) is 4.26. The van der Waals surface area contributed by atoms with Crippen LogP contribution >= 0.6 is 11.3 Å². The van der Waals surface area contributed by atoms with Crippen molar-refractivity contribution in [1.29, 1.82) is 5.26 Å². The van der Waals surface area contributed by atoms with Gasteiger partial charge in [-0.05, 0) is 32.4 Å². The number of thiophene rings is 1. The average molecular weight is 194 g/mol. The third-order valence-electron chi connectivity index (χ3n) is 1.99. The Morgan fingerprint density at radius 1 is 1.62 bits per heavy atom. The zero-order valence-corrected chi connectivity index (χ0v) is 9.03. The highest BCUT2D eigenvalue weighted by Crippen LogP contribution is 2.20. The molecule has 0 bridgehead atoms. The Morgan fingerprint density at radius 2 is 2.31 bits per heavy atom. The molecule has 0 aliphatic heterocycles.